The van der Waals surface area contributed by atoms with Crippen LogP contribution in [0.3, 0.4) is 0 Å². The van der Waals surface area contributed by atoms with Crippen LogP contribution in [0.15, 0.2) is 24.3 Å². The van der Waals surface area contributed by atoms with Crippen LogP contribution in [0.1, 0.15) is 50.8 Å². The molecule has 1 aromatic carbocycles. The molecule has 0 amide bonds. The highest BCUT2D eigenvalue weighted by molar-refractivity contribution is 7.99. The summed E-state index contributed by atoms with van der Waals surface area (Å²) in [5.74, 6) is 2.44. The molecule has 0 fully saturated rings. The summed E-state index contributed by atoms with van der Waals surface area (Å²) in [5.41, 5.74) is 2.89. The van der Waals surface area contributed by atoms with Crippen LogP contribution in [0.4, 0.5) is 0 Å². The van der Waals surface area contributed by atoms with Gasteiger partial charge in [-0.15, -0.1) is 0 Å². The first-order valence-electron chi connectivity index (χ1n) is 7.21. The van der Waals surface area contributed by atoms with Crippen molar-refractivity contribution in [2.24, 2.45) is 0 Å². The van der Waals surface area contributed by atoms with Crippen molar-refractivity contribution in [3.05, 3.63) is 35.4 Å². The van der Waals surface area contributed by atoms with E-state index in [-0.39, 0.29) is 0 Å². The molecule has 0 radical (unpaired) electrons. The Morgan fingerprint density at radius 2 is 1.78 bits per heavy atom. The highest BCUT2D eigenvalue weighted by Gasteiger charge is 2.09. The standard InChI is InChI=1S/C16H27NS/c1-4-7-14-8-10-15(11-9-14)16(17-6-3)13-18-12-5-2/h8-11,16-17H,4-7,12-13H2,1-3H3. The van der Waals surface area contributed by atoms with Crippen LogP contribution in [0, 0.1) is 0 Å². The summed E-state index contributed by atoms with van der Waals surface area (Å²) < 4.78 is 0. The third kappa shape index (κ3) is 5.45. The zero-order valence-corrected chi connectivity index (χ0v) is 12.9. The summed E-state index contributed by atoms with van der Waals surface area (Å²) in [4.78, 5) is 0. The van der Waals surface area contributed by atoms with Gasteiger partial charge in [0.15, 0.2) is 0 Å². The van der Waals surface area contributed by atoms with E-state index in [0.717, 1.165) is 6.54 Å². The molecule has 1 atom stereocenters. The number of aryl methyl sites for hydroxylation is 1. The average molecular weight is 265 g/mol. The van der Waals surface area contributed by atoms with Crippen LogP contribution >= 0.6 is 11.8 Å². The van der Waals surface area contributed by atoms with Crippen molar-refractivity contribution in [3.63, 3.8) is 0 Å². The van der Waals surface area contributed by atoms with Crippen LogP contribution in [0.2, 0.25) is 0 Å². The molecule has 1 unspecified atom stereocenters. The van der Waals surface area contributed by atoms with Crippen LogP contribution in [-0.4, -0.2) is 18.1 Å². The first-order valence-corrected chi connectivity index (χ1v) is 8.37. The Hall–Kier alpha value is -0.470. The lowest BCUT2D eigenvalue weighted by atomic mass is 10.0. The van der Waals surface area contributed by atoms with E-state index in [0.29, 0.717) is 6.04 Å². The predicted octanol–water partition coefficient (Wildman–Crippen LogP) is 4.43. The Morgan fingerprint density at radius 1 is 1.06 bits per heavy atom. The predicted molar refractivity (Wildman–Crippen MR) is 84.5 cm³/mol. The molecule has 0 aromatic heterocycles. The molecule has 0 saturated carbocycles. The fraction of sp³-hybridized carbons (Fsp3) is 0.625. The third-order valence-electron chi connectivity index (χ3n) is 3.00. The van der Waals surface area contributed by atoms with Crippen molar-refractivity contribution in [1.82, 2.24) is 5.32 Å². The maximum atomic E-state index is 3.59. The number of thioether (sulfide) groups is 1. The van der Waals surface area contributed by atoms with Gasteiger partial charge in [0.05, 0.1) is 0 Å². The number of hydrogen-bond acceptors (Lipinski definition) is 2. The lowest BCUT2D eigenvalue weighted by Crippen LogP contribution is -2.23. The second-order valence-corrected chi connectivity index (χ2v) is 5.83. The Kier molecular flexibility index (Phi) is 8.19. The molecule has 2 heteroatoms. The lowest BCUT2D eigenvalue weighted by Gasteiger charge is -2.18. The second kappa shape index (κ2) is 9.46. The minimum atomic E-state index is 0.502. The summed E-state index contributed by atoms with van der Waals surface area (Å²) >= 11 is 2.05. The molecular weight excluding hydrogens is 238 g/mol. The number of benzene rings is 1. The minimum absolute atomic E-state index is 0.502. The van der Waals surface area contributed by atoms with Crippen molar-refractivity contribution < 1.29 is 0 Å². The van der Waals surface area contributed by atoms with E-state index in [1.54, 1.807) is 0 Å². The SMILES string of the molecule is CCCSCC(NCC)c1ccc(CCC)cc1. The van der Waals surface area contributed by atoms with Crippen molar-refractivity contribution >= 4 is 11.8 Å². The molecule has 0 aliphatic rings. The van der Waals surface area contributed by atoms with E-state index in [2.05, 4.69) is 50.4 Å². The maximum Gasteiger partial charge on any atom is 0.0411 e. The third-order valence-corrected chi connectivity index (χ3v) is 4.27. The highest BCUT2D eigenvalue weighted by atomic mass is 32.2. The average Bonchev–Trinajstić information content (AvgIpc) is 2.39. The minimum Gasteiger partial charge on any atom is -0.310 e. The molecule has 0 bridgehead atoms. The van der Waals surface area contributed by atoms with Gasteiger partial charge in [-0.25, -0.2) is 0 Å². The van der Waals surface area contributed by atoms with Crippen LogP contribution < -0.4 is 5.32 Å². The first kappa shape index (κ1) is 15.6. The zero-order valence-electron chi connectivity index (χ0n) is 12.0. The molecule has 0 aliphatic heterocycles. The maximum absolute atomic E-state index is 3.59. The van der Waals surface area contributed by atoms with E-state index < -0.39 is 0 Å². The molecule has 0 saturated heterocycles. The van der Waals surface area contributed by atoms with Gasteiger partial charge in [0.25, 0.3) is 0 Å². The molecule has 18 heavy (non-hydrogen) atoms. The van der Waals surface area contributed by atoms with Gasteiger partial charge in [0, 0.05) is 11.8 Å². The van der Waals surface area contributed by atoms with E-state index in [1.165, 1.54) is 41.9 Å². The van der Waals surface area contributed by atoms with E-state index in [4.69, 9.17) is 0 Å². The molecule has 1 N–H and O–H groups in total. The van der Waals surface area contributed by atoms with Gasteiger partial charge in [-0.3, -0.25) is 0 Å². The number of rotatable bonds is 9. The molecule has 1 rings (SSSR count). The Labute approximate surface area is 117 Å². The normalized spacial score (nSPS) is 12.6. The van der Waals surface area contributed by atoms with Crippen LogP contribution in [0.5, 0.6) is 0 Å². The second-order valence-electron chi connectivity index (χ2n) is 4.68. The van der Waals surface area contributed by atoms with Crippen molar-refractivity contribution in [2.75, 3.05) is 18.1 Å². The summed E-state index contributed by atoms with van der Waals surface area (Å²) in [6.07, 6.45) is 3.68. The molecule has 0 heterocycles. The summed E-state index contributed by atoms with van der Waals surface area (Å²) in [6, 6.07) is 9.67. The summed E-state index contributed by atoms with van der Waals surface area (Å²) in [7, 11) is 0. The molecule has 0 aliphatic carbocycles. The van der Waals surface area contributed by atoms with Gasteiger partial charge in [-0.1, -0.05) is 51.5 Å². The first-order chi connectivity index (χ1) is 8.81. The van der Waals surface area contributed by atoms with Gasteiger partial charge in [0.2, 0.25) is 0 Å². The Morgan fingerprint density at radius 3 is 2.33 bits per heavy atom. The summed E-state index contributed by atoms with van der Waals surface area (Å²) in [6.45, 7) is 7.70. The van der Waals surface area contributed by atoms with Crippen LogP contribution in [-0.2, 0) is 6.42 Å². The Balaban J connectivity index is 2.60. The van der Waals surface area contributed by atoms with E-state index >= 15 is 0 Å². The topological polar surface area (TPSA) is 12.0 Å². The smallest absolute Gasteiger partial charge is 0.0411 e. The quantitative estimate of drug-likeness (QED) is 0.663. The summed E-state index contributed by atoms with van der Waals surface area (Å²) in [5, 5.41) is 3.59. The molecular formula is C16H27NS. The molecule has 1 aromatic rings. The van der Waals surface area contributed by atoms with Crippen molar-refractivity contribution in [3.8, 4) is 0 Å². The van der Waals surface area contributed by atoms with Gasteiger partial charge in [-0.2, -0.15) is 11.8 Å². The monoisotopic (exact) mass is 265 g/mol. The van der Waals surface area contributed by atoms with Gasteiger partial charge in [0.1, 0.15) is 0 Å². The zero-order chi connectivity index (χ0) is 13.2. The highest BCUT2D eigenvalue weighted by Crippen LogP contribution is 2.20. The van der Waals surface area contributed by atoms with Crippen molar-refractivity contribution in [2.45, 2.75) is 46.1 Å². The lowest BCUT2D eigenvalue weighted by molar-refractivity contribution is 0.605. The molecule has 102 valence electrons. The fourth-order valence-corrected chi connectivity index (χ4v) is 3.07. The van der Waals surface area contributed by atoms with Gasteiger partial charge < -0.3 is 5.32 Å². The number of nitrogens with one attached hydrogen (secondary N) is 1. The van der Waals surface area contributed by atoms with Gasteiger partial charge >= 0.3 is 0 Å². The fourth-order valence-electron chi connectivity index (χ4n) is 2.07. The van der Waals surface area contributed by atoms with E-state index in [1.807, 2.05) is 11.8 Å². The molecule has 0 spiro atoms. The number of hydrogen-bond donors (Lipinski definition) is 1. The largest absolute Gasteiger partial charge is 0.310 e. The van der Waals surface area contributed by atoms with Gasteiger partial charge in [-0.05, 0) is 36.3 Å². The Bertz CT molecular complexity index is 307. The van der Waals surface area contributed by atoms with Crippen molar-refractivity contribution in [1.29, 1.82) is 0 Å². The molecule has 1 nitrogen and oxygen atoms in total. The van der Waals surface area contributed by atoms with Crippen LogP contribution in [0.25, 0.3) is 0 Å². The van der Waals surface area contributed by atoms with E-state index in [9.17, 15) is 0 Å².